The Bertz CT molecular complexity index is 259. The Morgan fingerprint density at radius 2 is 1.00 bits per heavy atom. The largest absolute Gasteiger partial charge is 0.453 e. The van der Waals surface area contributed by atoms with Gasteiger partial charge in [-0.2, -0.15) is 0 Å². The van der Waals surface area contributed by atoms with E-state index in [2.05, 4.69) is 40.0 Å². The predicted octanol–water partition coefficient (Wildman–Crippen LogP) is 1.89. The van der Waals surface area contributed by atoms with Crippen LogP contribution in [0, 0.1) is 0 Å². The number of carbonyl (C=O) groups is 2. The monoisotopic (exact) mass is 296 g/mol. The van der Waals surface area contributed by atoms with Crippen LogP contribution in [0.15, 0.2) is 0 Å². The van der Waals surface area contributed by atoms with E-state index in [1.165, 1.54) is 0 Å². The highest BCUT2D eigenvalue weighted by molar-refractivity contribution is 7.74. The van der Waals surface area contributed by atoms with E-state index in [4.69, 9.17) is 9.47 Å². The van der Waals surface area contributed by atoms with Crippen LogP contribution in [0.1, 0.15) is 0 Å². The summed E-state index contributed by atoms with van der Waals surface area (Å²) in [6.45, 7) is 13.6. The van der Waals surface area contributed by atoms with Gasteiger partial charge in [0.2, 0.25) is 0 Å². The summed E-state index contributed by atoms with van der Waals surface area (Å²) in [6, 6.07) is 0. The Morgan fingerprint density at radius 1 is 0.722 bits per heavy atom. The molecule has 4 nitrogen and oxygen atoms in total. The fourth-order valence-corrected chi connectivity index (χ4v) is 2.22. The molecule has 0 aliphatic rings. The second-order valence-corrected chi connectivity index (χ2v) is 16.4. The quantitative estimate of drug-likeness (QED) is 0.427. The number of ether oxygens (including phenoxy) is 2. The Balaban J connectivity index is 3.81. The fraction of sp³-hybridized carbons (Fsp3) is 0.833. The molecule has 0 heterocycles. The van der Waals surface area contributed by atoms with E-state index in [0.717, 1.165) is 12.3 Å². The lowest BCUT2D eigenvalue weighted by Gasteiger charge is -2.12. The standard InChI is InChI=1S/C12H26O4P2/c1-17(2,3)9-7-15-11(13)12(14)16-8-10-18(4,5)6/h7-10H2,1-6H3/q+2. The van der Waals surface area contributed by atoms with Crippen molar-refractivity contribution in [3.8, 4) is 0 Å². The summed E-state index contributed by atoms with van der Waals surface area (Å²) in [5.74, 6) is -1.73. The molecule has 0 atom stereocenters. The van der Waals surface area contributed by atoms with Crippen LogP contribution in [0.4, 0.5) is 0 Å². The molecule has 106 valence electrons. The van der Waals surface area contributed by atoms with Gasteiger partial charge in [-0.05, 0) is 0 Å². The summed E-state index contributed by atoms with van der Waals surface area (Å²) in [6.07, 6.45) is 1.67. The molecule has 6 heteroatoms. The molecule has 0 saturated carbocycles. The van der Waals surface area contributed by atoms with E-state index in [0.29, 0.717) is 13.2 Å². The van der Waals surface area contributed by atoms with Crippen LogP contribution in [0.3, 0.4) is 0 Å². The van der Waals surface area contributed by atoms with Gasteiger partial charge < -0.3 is 9.47 Å². The van der Waals surface area contributed by atoms with E-state index in [-0.39, 0.29) is 0 Å². The second-order valence-electron chi connectivity index (χ2n) is 6.30. The van der Waals surface area contributed by atoms with Crippen molar-refractivity contribution in [3.63, 3.8) is 0 Å². The maximum absolute atomic E-state index is 11.3. The van der Waals surface area contributed by atoms with E-state index in [1.807, 2.05) is 0 Å². The lowest BCUT2D eigenvalue weighted by atomic mass is 10.6. The van der Waals surface area contributed by atoms with Crippen molar-refractivity contribution in [2.45, 2.75) is 0 Å². The van der Waals surface area contributed by atoms with Gasteiger partial charge in [-0.1, -0.05) is 0 Å². The molecule has 0 bridgehead atoms. The minimum atomic E-state index is -0.970. The fourth-order valence-electron chi connectivity index (χ4n) is 0.942. The zero-order chi connectivity index (χ0) is 14.4. The summed E-state index contributed by atoms with van der Waals surface area (Å²) in [5, 5.41) is 0. The normalized spacial score (nSPS) is 12.1. The van der Waals surface area contributed by atoms with Crippen molar-refractivity contribution in [1.29, 1.82) is 0 Å². The first kappa shape index (κ1) is 17.8. The summed E-state index contributed by atoms with van der Waals surface area (Å²) in [5.41, 5.74) is 0. The highest BCUT2D eigenvalue weighted by Crippen LogP contribution is 2.46. The van der Waals surface area contributed by atoms with Crippen molar-refractivity contribution < 1.29 is 19.1 Å². The number of rotatable bonds is 6. The molecule has 0 fully saturated rings. The van der Waals surface area contributed by atoms with Crippen LogP contribution in [-0.2, 0) is 19.1 Å². The first-order valence-corrected chi connectivity index (χ1v) is 12.6. The Hall–Kier alpha value is -0.200. The predicted molar refractivity (Wildman–Crippen MR) is 81.0 cm³/mol. The van der Waals surface area contributed by atoms with Gasteiger partial charge in [0.25, 0.3) is 0 Å². The maximum atomic E-state index is 11.3. The van der Waals surface area contributed by atoms with E-state index >= 15 is 0 Å². The van der Waals surface area contributed by atoms with Crippen molar-refractivity contribution in [2.75, 3.05) is 65.5 Å². The van der Waals surface area contributed by atoms with Crippen molar-refractivity contribution in [3.05, 3.63) is 0 Å². The molecule has 0 unspecified atom stereocenters. The van der Waals surface area contributed by atoms with Gasteiger partial charge in [0, 0.05) is 54.5 Å². The molecule has 0 N–H and O–H groups in total. The van der Waals surface area contributed by atoms with Gasteiger partial charge in [-0.25, -0.2) is 9.59 Å². The minimum Gasteiger partial charge on any atom is -0.453 e. The van der Waals surface area contributed by atoms with E-state index < -0.39 is 26.5 Å². The van der Waals surface area contributed by atoms with Gasteiger partial charge in [-0.3, -0.25) is 0 Å². The third kappa shape index (κ3) is 10.9. The smallest absolute Gasteiger partial charge is 0.417 e. The zero-order valence-corrected chi connectivity index (χ0v) is 14.1. The van der Waals surface area contributed by atoms with Crippen molar-refractivity contribution >= 4 is 26.5 Å². The molecule has 0 aliphatic heterocycles. The zero-order valence-electron chi connectivity index (χ0n) is 12.4. The van der Waals surface area contributed by atoms with Gasteiger partial charge in [-0.15, -0.1) is 0 Å². The molecule has 0 radical (unpaired) electrons. The first-order chi connectivity index (χ1) is 8.01. The molecule has 0 aromatic heterocycles. The molecule has 0 aromatic carbocycles. The topological polar surface area (TPSA) is 52.6 Å². The molecular weight excluding hydrogens is 270 g/mol. The van der Waals surface area contributed by atoms with Gasteiger partial charge in [0.05, 0.1) is 12.3 Å². The van der Waals surface area contributed by atoms with Crippen molar-refractivity contribution in [2.24, 2.45) is 0 Å². The summed E-state index contributed by atoms with van der Waals surface area (Å²) in [4.78, 5) is 22.6. The van der Waals surface area contributed by atoms with Crippen LogP contribution >= 0.6 is 14.5 Å². The molecule has 0 amide bonds. The van der Waals surface area contributed by atoms with Crippen LogP contribution in [0.5, 0.6) is 0 Å². The van der Waals surface area contributed by atoms with Crippen LogP contribution < -0.4 is 0 Å². The molecule has 0 aliphatic carbocycles. The third-order valence-corrected chi connectivity index (χ3v) is 5.21. The average Bonchev–Trinajstić information content (AvgIpc) is 2.13. The molecule has 0 spiro atoms. The summed E-state index contributed by atoms with van der Waals surface area (Å²) >= 11 is 0. The maximum Gasteiger partial charge on any atom is 0.417 e. The lowest BCUT2D eigenvalue weighted by molar-refractivity contribution is -0.166. The van der Waals surface area contributed by atoms with Crippen LogP contribution in [0.2, 0.25) is 0 Å². The number of carbonyl (C=O) groups excluding carboxylic acids is 2. The number of hydrogen-bond acceptors (Lipinski definition) is 4. The van der Waals surface area contributed by atoms with Gasteiger partial charge in [0.15, 0.2) is 0 Å². The van der Waals surface area contributed by atoms with Crippen LogP contribution in [-0.4, -0.2) is 77.5 Å². The number of hydrogen-bond donors (Lipinski definition) is 0. The van der Waals surface area contributed by atoms with E-state index in [1.54, 1.807) is 0 Å². The first-order valence-electron chi connectivity index (χ1n) is 5.96. The highest BCUT2D eigenvalue weighted by Gasteiger charge is 2.23. The summed E-state index contributed by atoms with van der Waals surface area (Å²) in [7, 11) is -1.94. The highest BCUT2D eigenvalue weighted by atomic mass is 31.2. The summed E-state index contributed by atoms with van der Waals surface area (Å²) < 4.78 is 9.77. The van der Waals surface area contributed by atoms with Gasteiger partial charge >= 0.3 is 11.9 Å². The lowest BCUT2D eigenvalue weighted by Crippen LogP contribution is -2.23. The van der Waals surface area contributed by atoms with E-state index in [9.17, 15) is 9.59 Å². The van der Waals surface area contributed by atoms with Crippen molar-refractivity contribution in [1.82, 2.24) is 0 Å². The minimum absolute atomic E-state index is 0.303. The molecule has 0 rings (SSSR count). The SMILES string of the molecule is C[P+](C)(C)CCOC(=O)C(=O)OCC[P+](C)(C)C. The Morgan fingerprint density at radius 3 is 1.22 bits per heavy atom. The molecule has 18 heavy (non-hydrogen) atoms. The van der Waals surface area contributed by atoms with Gasteiger partial charge in [0.1, 0.15) is 13.2 Å². The molecule has 0 saturated heterocycles. The molecule has 0 aromatic rings. The Labute approximate surface area is 111 Å². The number of esters is 2. The Kier molecular flexibility index (Phi) is 7.32. The third-order valence-electron chi connectivity index (χ3n) is 2.16. The second kappa shape index (κ2) is 7.40. The average molecular weight is 296 g/mol. The molecular formula is C12H26O4P2+2. The van der Waals surface area contributed by atoms with Crippen LogP contribution in [0.25, 0.3) is 0 Å².